The molecule has 1 aliphatic rings. The van der Waals surface area contributed by atoms with E-state index in [1.54, 1.807) is 24.3 Å². The van der Waals surface area contributed by atoms with Crippen LogP contribution in [0.4, 0.5) is 0 Å². The minimum Gasteiger partial charge on any atom is -0.494 e. The highest BCUT2D eigenvalue weighted by Gasteiger charge is 2.35. The Morgan fingerprint density at radius 2 is 1.91 bits per heavy atom. The number of benzene rings is 2. The summed E-state index contributed by atoms with van der Waals surface area (Å²) in [6, 6.07) is 14.4. The summed E-state index contributed by atoms with van der Waals surface area (Å²) in [6.07, 6.45) is 4.52. The standard InChI is InChI=1S/C28H34N2O5/c1-20-9-10-25-22(15-20)17-23(26(31)35-25)19-28(33,27(29)32)18-21-7-5-8-24(16-21)34-14-6-13-30-11-3-2-4-12-30/h5,7-10,15-17,33H,2-4,6,11-14,18-19H2,1H3,(H2,29,32). The number of nitrogens with zero attached hydrogens (tertiary/aromatic N) is 1. The van der Waals surface area contributed by atoms with Gasteiger partial charge in [-0.1, -0.05) is 30.2 Å². The van der Waals surface area contributed by atoms with E-state index in [9.17, 15) is 14.7 Å². The molecule has 3 aromatic rings. The van der Waals surface area contributed by atoms with Crippen LogP contribution in [0.2, 0.25) is 0 Å². The molecular formula is C28H34N2O5. The van der Waals surface area contributed by atoms with E-state index in [-0.39, 0.29) is 18.4 Å². The Labute approximate surface area is 205 Å². The molecule has 7 heteroatoms. The number of rotatable bonds is 10. The van der Waals surface area contributed by atoms with Crippen molar-refractivity contribution in [1.29, 1.82) is 0 Å². The molecule has 1 unspecified atom stereocenters. The molecule has 4 rings (SSSR count). The van der Waals surface area contributed by atoms with Crippen LogP contribution in [0.1, 0.15) is 42.4 Å². The molecule has 0 bridgehead atoms. The van der Waals surface area contributed by atoms with Gasteiger partial charge >= 0.3 is 5.63 Å². The van der Waals surface area contributed by atoms with E-state index in [0.29, 0.717) is 23.5 Å². The Kier molecular flexibility index (Phi) is 7.88. The third-order valence-electron chi connectivity index (χ3n) is 6.63. The normalized spacial score (nSPS) is 16.2. The lowest BCUT2D eigenvalue weighted by Gasteiger charge is -2.26. The lowest BCUT2D eigenvalue weighted by Crippen LogP contribution is -2.48. The molecule has 2 aromatic carbocycles. The maximum atomic E-state index is 12.5. The van der Waals surface area contributed by atoms with Crippen molar-refractivity contribution in [2.45, 2.75) is 51.0 Å². The molecule has 1 amide bonds. The van der Waals surface area contributed by atoms with Gasteiger partial charge in [-0.15, -0.1) is 0 Å². The monoisotopic (exact) mass is 478 g/mol. The molecule has 3 N–H and O–H groups in total. The van der Waals surface area contributed by atoms with Gasteiger partial charge in [0.1, 0.15) is 11.3 Å². The molecule has 1 atom stereocenters. The zero-order valence-corrected chi connectivity index (χ0v) is 20.3. The number of nitrogens with two attached hydrogens (primary N) is 1. The number of likely N-dealkylation sites (tertiary alicyclic amines) is 1. The van der Waals surface area contributed by atoms with Crippen molar-refractivity contribution in [2.75, 3.05) is 26.2 Å². The van der Waals surface area contributed by atoms with Crippen molar-refractivity contribution in [3.8, 4) is 5.75 Å². The summed E-state index contributed by atoms with van der Waals surface area (Å²) < 4.78 is 11.3. The number of hydrogen-bond acceptors (Lipinski definition) is 6. The first-order valence-corrected chi connectivity index (χ1v) is 12.3. The van der Waals surface area contributed by atoms with Crippen LogP contribution in [-0.4, -0.2) is 47.8 Å². The van der Waals surface area contributed by atoms with Gasteiger partial charge in [-0.2, -0.15) is 0 Å². The number of aryl methyl sites for hydroxylation is 1. The number of hydrogen-bond donors (Lipinski definition) is 2. The minimum absolute atomic E-state index is 0.0430. The summed E-state index contributed by atoms with van der Waals surface area (Å²) in [6.45, 7) is 5.88. The van der Waals surface area contributed by atoms with Gasteiger partial charge in [0.25, 0.3) is 0 Å². The molecule has 2 heterocycles. The highest BCUT2D eigenvalue weighted by atomic mass is 16.5. The zero-order valence-electron chi connectivity index (χ0n) is 20.3. The SMILES string of the molecule is Cc1ccc2oc(=O)c(CC(O)(Cc3cccc(OCCCN4CCCCC4)c3)C(N)=O)cc2c1. The van der Waals surface area contributed by atoms with E-state index in [0.717, 1.165) is 37.0 Å². The van der Waals surface area contributed by atoms with Gasteiger partial charge in [0.15, 0.2) is 5.60 Å². The molecular weight excluding hydrogens is 444 g/mol. The summed E-state index contributed by atoms with van der Waals surface area (Å²) in [7, 11) is 0. The van der Waals surface area contributed by atoms with Gasteiger partial charge in [0, 0.05) is 30.3 Å². The van der Waals surface area contributed by atoms with E-state index in [1.165, 1.54) is 19.3 Å². The number of carbonyl (C=O) groups excluding carboxylic acids is 1. The number of fused-ring (bicyclic) bond motifs is 1. The number of primary amides is 1. The predicted octanol–water partition coefficient (Wildman–Crippen LogP) is 3.36. The largest absolute Gasteiger partial charge is 0.494 e. The van der Waals surface area contributed by atoms with E-state index >= 15 is 0 Å². The second-order valence-electron chi connectivity index (χ2n) is 9.60. The van der Waals surface area contributed by atoms with Gasteiger partial charge in [0.2, 0.25) is 5.91 Å². The highest BCUT2D eigenvalue weighted by Crippen LogP contribution is 2.23. The minimum atomic E-state index is -1.95. The van der Waals surface area contributed by atoms with Gasteiger partial charge in [-0.25, -0.2) is 4.79 Å². The van der Waals surface area contributed by atoms with Crippen LogP contribution in [0.3, 0.4) is 0 Å². The van der Waals surface area contributed by atoms with E-state index in [1.807, 2.05) is 31.2 Å². The Morgan fingerprint density at radius 3 is 2.69 bits per heavy atom. The third kappa shape index (κ3) is 6.50. The van der Waals surface area contributed by atoms with Crippen molar-refractivity contribution >= 4 is 16.9 Å². The maximum absolute atomic E-state index is 12.5. The summed E-state index contributed by atoms with van der Waals surface area (Å²) in [4.78, 5) is 27.3. The van der Waals surface area contributed by atoms with Crippen molar-refractivity contribution in [3.05, 3.63) is 75.6 Å². The fourth-order valence-corrected chi connectivity index (χ4v) is 4.70. The number of piperidine rings is 1. The maximum Gasteiger partial charge on any atom is 0.339 e. The first kappa shape index (κ1) is 24.9. The number of carbonyl (C=O) groups is 1. The van der Waals surface area contributed by atoms with E-state index < -0.39 is 17.1 Å². The molecule has 0 spiro atoms. The molecule has 186 valence electrons. The molecule has 1 aromatic heterocycles. The summed E-state index contributed by atoms with van der Waals surface area (Å²) in [5.41, 5.74) is 5.43. The lowest BCUT2D eigenvalue weighted by molar-refractivity contribution is -0.136. The topological polar surface area (TPSA) is 106 Å². The van der Waals surface area contributed by atoms with Crippen LogP contribution in [-0.2, 0) is 17.6 Å². The van der Waals surface area contributed by atoms with Crippen LogP contribution < -0.4 is 16.1 Å². The van der Waals surface area contributed by atoms with Crippen LogP contribution in [0.25, 0.3) is 11.0 Å². The molecule has 35 heavy (non-hydrogen) atoms. The summed E-state index contributed by atoms with van der Waals surface area (Å²) in [5.74, 6) is -0.220. The Bertz CT molecular complexity index is 1230. The Balaban J connectivity index is 1.43. The smallest absolute Gasteiger partial charge is 0.339 e. The molecule has 0 aliphatic carbocycles. The zero-order chi connectivity index (χ0) is 24.8. The Morgan fingerprint density at radius 1 is 1.11 bits per heavy atom. The van der Waals surface area contributed by atoms with Gasteiger partial charge in [-0.3, -0.25) is 4.79 Å². The quantitative estimate of drug-likeness (QED) is 0.342. The highest BCUT2D eigenvalue weighted by molar-refractivity contribution is 5.84. The average molecular weight is 479 g/mol. The second kappa shape index (κ2) is 11.1. The molecule has 1 saturated heterocycles. The summed E-state index contributed by atoms with van der Waals surface area (Å²) >= 11 is 0. The second-order valence-corrected chi connectivity index (χ2v) is 9.60. The van der Waals surface area contributed by atoms with Crippen LogP contribution in [0.15, 0.2) is 57.7 Å². The van der Waals surface area contributed by atoms with Crippen LogP contribution >= 0.6 is 0 Å². The summed E-state index contributed by atoms with van der Waals surface area (Å²) in [5, 5.41) is 11.9. The van der Waals surface area contributed by atoms with Crippen molar-refractivity contribution in [3.63, 3.8) is 0 Å². The van der Waals surface area contributed by atoms with E-state index in [2.05, 4.69) is 4.90 Å². The van der Waals surface area contributed by atoms with Crippen molar-refractivity contribution in [2.24, 2.45) is 5.73 Å². The van der Waals surface area contributed by atoms with E-state index in [4.69, 9.17) is 14.9 Å². The van der Waals surface area contributed by atoms with Crippen LogP contribution in [0.5, 0.6) is 5.75 Å². The number of aliphatic hydroxyl groups is 1. The molecule has 0 radical (unpaired) electrons. The molecule has 0 saturated carbocycles. The number of ether oxygens (including phenoxy) is 1. The average Bonchev–Trinajstić information content (AvgIpc) is 2.83. The fraction of sp³-hybridized carbons (Fsp3) is 0.429. The van der Waals surface area contributed by atoms with Crippen molar-refractivity contribution in [1.82, 2.24) is 4.90 Å². The molecule has 7 nitrogen and oxygen atoms in total. The first-order chi connectivity index (χ1) is 16.8. The lowest BCUT2D eigenvalue weighted by atomic mass is 9.87. The van der Waals surface area contributed by atoms with Gasteiger partial charge < -0.3 is 24.9 Å². The first-order valence-electron chi connectivity index (χ1n) is 12.3. The van der Waals surface area contributed by atoms with Gasteiger partial charge in [-0.05, 0) is 75.2 Å². The fourth-order valence-electron chi connectivity index (χ4n) is 4.70. The number of amides is 1. The third-order valence-corrected chi connectivity index (χ3v) is 6.63. The molecule has 1 aliphatic heterocycles. The Hall–Kier alpha value is -3.16. The predicted molar refractivity (Wildman–Crippen MR) is 136 cm³/mol. The van der Waals surface area contributed by atoms with Crippen molar-refractivity contribution < 1.29 is 19.1 Å². The molecule has 1 fully saturated rings. The van der Waals surface area contributed by atoms with Crippen LogP contribution in [0, 0.1) is 6.92 Å². The van der Waals surface area contributed by atoms with Gasteiger partial charge in [0.05, 0.1) is 6.61 Å².